The summed E-state index contributed by atoms with van der Waals surface area (Å²) in [5.41, 5.74) is 1.06. The largest absolute Gasteiger partial charge is 0.488 e. The highest BCUT2D eigenvalue weighted by Gasteiger charge is 2.27. The summed E-state index contributed by atoms with van der Waals surface area (Å²) >= 11 is 0. The van der Waals surface area contributed by atoms with Gasteiger partial charge in [0.05, 0.1) is 5.71 Å². The van der Waals surface area contributed by atoms with Gasteiger partial charge in [0.2, 0.25) is 6.23 Å². The Hall–Kier alpha value is -1.97. The number of hydrogen-bond donors (Lipinski definition) is 0. The highest BCUT2D eigenvalue weighted by atomic mass is 16.5. The lowest BCUT2D eigenvalue weighted by Gasteiger charge is -2.20. The molecule has 2 aliphatic rings. The van der Waals surface area contributed by atoms with Crippen LogP contribution in [0.25, 0.3) is 0 Å². The molecule has 2 heterocycles. The van der Waals surface area contributed by atoms with Crippen molar-refractivity contribution >= 4 is 5.71 Å². The molecule has 3 rings (SSSR count). The number of fused-ring (bicyclic) bond motifs is 1. The predicted octanol–water partition coefficient (Wildman–Crippen LogP) is 2.04. The average molecular weight is 244 g/mol. The summed E-state index contributed by atoms with van der Waals surface area (Å²) < 4.78 is 11.4. The molecule has 4 nitrogen and oxygen atoms in total. The molecule has 1 aromatic carbocycles. The molecular formula is C14H16N2O2. The predicted molar refractivity (Wildman–Crippen MR) is 69.6 cm³/mol. The Labute approximate surface area is 107 Å². The van der Waals surface area contributed by atoms with Crippen molar-refractivity contribution in [3.63, 3.8) is 0 Å². The third kappa shape index (κ3) is 2.32. The molecule has 0 radical (unpaired) electrons. The van der Waals surface area contributed by atoms with Gasteiger partial charge in [0.1, 0.15) is 12.4 Å². The van der Waals surface area contributed by atoms with Crippen LogP contribution < -0.4 is 4.74 Å². The summed E-state index contributed by atoms with van der Waals surface area (Å²) in [6.45, 7) is 1.45. The van der Waals surface area contributed by atoms with Crippen LogP contribution in [0.15, 0.2) is 47.3 Å². The van der Waals surface area contributed by atoms with E-state index in [1.807, 2.05) is 43.6 Å². The lowest BCUT2D eigenvalue weighted by molar-refractivity contribution is 0.0959. The van der Waals surface area contributed by atoms with Crippen LogP contribution in [0.5, 0.6) is 5.75 Å². The zero-order chi connectivity index (χ0) is 12.4. The molecule has 0 spiro atoms. The van der Waals surface area contributed by atoms with Gasteiger partial charge in [0.15, 0.2) is 5.76 Å². The van der Waals surface area contributed by atoms with Gasteiger partial charge in [0.25, 0.3) is 0 Å². The summed E-state index contributed by atoms with van der Waals surface area (Å²) in [4.78, 5) is 6.65. The minimum atomic E-state index is -0.210. The van der Waals surface area contributed by atoms with Gasteiger partial charge in [-0.1, -0.05) is 18.2 Å². The Kier molecular flexibility index (Phi) is 2.92. The highest BCUT2D eigenvalue weighted by molar-refractivity contribution is 6.00. The fourth-order valence-corrected chi connectivity index (χ4v) is 2.07. The van der Waals surface area contributed by atoms with E-state index in [0.717, 1.165) is 30.2 Å². The molecule has 1 atom stereocenters. The van der Waals surface area contributed by atoms with E-state index in [4.69, 9.17) is 9.47 Å². The fourth-order valence-electron chi connectivity index (χ4n) is 2.07. The third-order valence-corrected chi connectivity index (χ3v) is 3.02. The van der Waals surface area contributed by atoms with Gasteiger partial charge >= 0.3 is 0 Å². The van der Waals surface area contributed by atoms with Gasteiger partial charge < -0.3 is 14.4 Å². The topological polar surface area (TPSA) is 34.1 Å². The molecule has 0 saturated carbocycles. The van der Waals surface area contributed by atoms with Gasteiger partial charge in [-0.05, 0) is 12.1 Å². The molecule has 4 heteroatoms. The molecular weight excluding hydrogens is 228 g/mol. The molecule has 94 valence electrons. The summed E-state index contributed by atoms with van der Waals surface area (Å²) in [7, 11) is 2.04. The molecule has 1 aromatic rings. The maximum atomic E-state index is 5.75. The zero-order valence-corrected chi connectivity index (χ0v) is 10.4. The first kappa shape index (κ1) is 11.1. The first-order valence-electron chi connectivity index (χ1n) is 6.15. The van der Waals surface area contributed by atoms with Crippen LogP contribution in [0.3, 0.4) is 0 Å². The van der Waals surface area contributed by atoms with E-state index >= 15 is 0 Å². The van der Waals surface area contributed by atoms with Gasteiger partial charge in [-0.2, -0.15) is 0 Å². The highest BCUT2D eigenvalue weighted by Crippen LogP contribution is 2.23. The number of ether oxygens (including phenoxy) is 2. The Morgan fingerprint density at radius 1 is 1.39 bits per heavy atom. The van der Waals surface area contributed by atoms with Gasteiger partial charge in [-0.3, -0.25) is 0 Å². The van der Waals surface area contributed by atoms with E-state index in [1.54, 1.807) is 0 Å². The van der Waals surface area contributed by atoms with E-state index in [1.165, 1.54) is 0 Å². The van der Waals surface area contributed by atoms with Crippen molar-refractivity contribution in [1.82, 2.24) is 4.90 Å². The van der Waals surface area contributed by atoms with Crippen molar-refractivity contribution in [1.29, 1.82) is 0 Å². The van der Waals surface area contributed by atoms with Crippen molar-refractivity contribution in [2.45, 2.75) is 12.6 Å². The van der Waals surface area contributed by atoms with Gasteiger partial charge in [-0.15, -0.1) is 0 Å². The first-order valence-corrected chi connectivity index (χ1v) is 6.15. The average Bonchev–Trinajstić information content (AvgIpc) is 2.79. The molecule has 0 N–H and O–H groups in total. The van der Waals surface area contributed by atoms with Crippen LogP contribution in [0.1, 0.15) is 6.42 Å². The molecule has 0 fully saturated rings. The quantitative estimate of drug-likeness (QED) is 0.816. The third-order valence-electron chi connectivity index (χ3n) is 3.02. The number of nitrogens with zero attached hydrogens (tertiary/aromatic N) is 2. The van der Waals surface area contributed by atoms with Crippen LogP contribution in [0, 0.1) is 0 Å². The van der Waals surface area contributed by atoms with E-state index in [2.05, 4.69) is 9.89 Å². The maximum absolute atomic E-state index is 5.75. The Morgan fingerprint density at radius 2 is 2.22 bits per heavy atom. The van der Waals surface area contributed by atoms with Crippen LogP contribution in [-0.4, -0.2) is 37.0 Å². The second kappa shape index (κ2) is 4.72. The lowest BCUT2D eigenvalue weighted by Crippen LogP contribution is -2.23. The monoisotopic (exact) mass is 244 g/mol. The minimum Gasteiger partial charge on any atom is -0.488 e. The van der Waals surface area contributed by atoms with Crippen LogP contribution >= 0.6 is 0 Å². The summed E-state index contributed by atoms with van der Waals surface area (Å²) in [6.07, 6.45) is 2.74. The molecule has 0 aliphatic carbocycles. The normalized spacial score (nSPS) is 21.8. The summed E-state index contributed by atoms with van der Waals surface area (Å²) in [5.74, 6) is 1.74. The van der Waals surface area contributed by atoms with Crippen molar-refractivity contribution in [2.24, 2.45) is 4.99 Å². The Bertz CT molecular complexity index is 482. The summed E-state index contributed by atoms with van der Waals surface area (Å²) in [5, 5.41) is 0. The maximum Gasteiger partial charge on any atom is 0.223 e. The Morgan fingerprint density at radius 3 is 3.06 bits per heavy atom. The number of aliphatic imine (C=N–C) groups is 1. The van der Waals surface area contributed by atoms with Crippen molar-refractivity contribution in [3.05, 3.63) is 42.3 Å². The lowest BCUT2D eigenvalue weighted by atomic mass is 10.2. The van der Waals surface area contributed by atoms with E-state index < -0.39 is 0 Å². The fraction of sp³-hybridized carbons (Fsp3) is 0.357. The second-order valence-corrected chi connectivity index (χ2v) is 4.50. The summed E-state index contributed by atoms with van der Waals surface area (Å²) in [6, 6.07) is 9.74. The number of allylic oxidation sites excluding steroid dienone is 1. The van der Waals surface area contributed by atoms with Gasteiger partial charge in [0, 0.05) is 26.2 Å². The second-order valence-electron chi connectivity index (χ2n) is 4.50. The smallest absolute Gasteiger partial charge is 0.223 e. The SMILES string of the molecule is CN1C=C2OC(COc3ccccc3)N=C2CC1. The zero-order valence-electron chi connectivity index (χ0n) is 10.4. The number of hydrogen-bond acceptors (Lipinski definition) is 4. The van der Waals surface area contributed by atoms with E-state index in [9.17, 15) is 0 Å². The minimum absolute atomic E-state index is 0.210. The Balaban J connectivity index is 1.60. The van der Waals surface area contributed by atoms with Crippen LogP contribution in [0.2, 0.25) is 0 Å². The van der Waals surface area contributed by atoms with Crippen molar-refractivity contribution < 1.29 is 9.47 Å². The van der Waals surface area contributed by atoms with Crippen molar-refractivity contribution in [3.8, 4) is 5.75 Å². The molecule has 0 bridgehead atoms. The number of rotatable bonds is 3. The van der Waals surface area contributed by atoms with Gasteiger partial charge in [-0.25, -0.2) is 4.99 Å². The van der Waals surface area contributed by atoms with E-state index in [0.29, 0.717) is 6.61 Å². The van der Waals surface area contributed by atoms with Crippen molar-refractivity contribution in [2.75, 3.05) is 20.2 Å². The first-order chi connectivity index (χ1) is 8.81. The van der Waals surface area contributed by atoms with E-state index in [-0.39, 0.29) is 6.23 Å². The molecule has 0 amide bonds. The molecule has 1 unspecified atom stereocenters. The number of benzene rings is 1. The molecule has 0 saturated heterocycles. The molecule has 18 heavy (non-hydrogen) atoms. The molecule has 2 aliphatic heterocycles. The standard InChI is InChI=1S/C14H16N2O2/c1-16-8-7-12-13(9-16)18-14(15-12)10-17-11-5-3-2-4-6-11/h2-6,9,14H,7-8,10H2,1H3. The van der Waals surface area contributed by atoms with Crippen LogP contribution in [0.4, 0.5) is 0 Å². The molecule has 0 aromatic heterocycles. The number of para-hydroxylation sites is 1. The van der Waals surface area contributed by atoms with Crippen LogP contribution in [-0.2, 0) is 4.74 Å².